The highest BCUT2D eigenvalue weighted by atomic mass is 16.7. The molecule has 0 radical (unpaired) electrons. The number of hydrogen-bond acceptors (Lipinski definition) is 6. The maximum absolute atomic E-state index is 12.6. The molecule has 1 aromatic rings. The Morgan fingerprint density at radius 1 is 1.21 bits per heavy atom. The average Bonchev–Trinajstić information content (AvgIpc) is 3.07. The predicted octanol–water partition coefficient (Wildman–Crippen LogP) is 3.59. The molecule has 8 nitrogen and oxygen atoms in total. The van der Waals surface area contributed by atoms with Crippen molar-refractivity contribution in [3.05, 3.63) is 17.7 Å². The lowest BCUT2D eigenvalue weighted by atomic mass is 9.94. The zero-order chi connectivity index (χ0) is 21.2. The number of likely N-dealkylation sites (tertiary alicyclic amines) is 1. The summed E-state index contributed by atoms with van der Waals surface area (Å²) in [6.07, 6.45) is 1.58. The van der Waals surface area contributed by atoms with Gasteiger partial charge in [0.1, 0.15) is 5.60 Å². The van der Waals surface area contributed by atoms with Gasteiger partial charge in [0.15, 0.2) is 17.3 Å². The molecule has 0 aliphatic carbocycles. The van der Waals surface area contributed by atoms with E-state index in [-0.39, 0.29) is 36.9 Å². The number of rotatable bonds is 4. The standard InChI is InChI=1S/C21H28N2O6/c1-13(24)15-9-17-18(28-12-27-17)10-16(15)22-19(25)8-14-6-5-7-23(11-14)20(26)29-21(2,3)4/h9-10,14H,5-8,11-12H2,1-4H3,(H,22,25). The number of fused-ring (bicyclic) bond motifs is 1. The van der Waals surface area contributed by atoms with Crippen LogP contribution in [0.25, 0.3) is 0 Å². The fraction of sp³-hybridized carbons (Fsp3) is 0.571. The molecule has 2 heterocycles. The smallest absolute Gasteiger partial charge is 0.410 e. The summed E-state index contributed by atoms with van der Waals surface area (Å²) in [4.78, 5) is 38.6. The molecule has 2 aliphatic heterocycles. The summed E-state index contributed by atoms with van der Waals surface area (Å²) in [5, 5.41) is 2.82. The largest absolute Gasteiger partial charge is 0.454 e. The molecule has 0 aromatic heterocycles. The highest BCUT2D eigenvalue weighted by molar-refractivity contribution is 6.04. The number of ketones is 1. The number of carbonyl (C=O) groups excluding carboxylic acids is 3. The van der Waals surface area contributed by atoms with Gasteiger partial charge in [0.25, 0.3) is 0 Å². The average molecular weight is 404 g/mol. The molecule has 158 valence electrons. The number of amides is 2. The molecular weight excluding hydrogens is 376 g/mol. The maximum atomic E-state index is 12.6. The first-order valence-electron chi connectivity index (χ1n) is 9.85. The van der Waals surface area contributed by atoms with Crippen LogP contribution in [-0.2, 0) is 9.53 Å². The van der Waals surface area contributed by atoms with Crippen LogP contribution < -0.4 is 14.8 Å². The van der Waals surface area contributed by atoms with E-state index in [0.717, 1.165) is 12.8 Å². The summed E-state index contributed by atoms with van der Waals surface area (Å²) < 4.78 is 16.1. The van der Waals surface area contributed by atoms with Gasteiger partial charge < -0.3 is 24.4 Å². The van der Waals surface area contributed by atoms with Crippen LogP contribution in [0.1, 0.15) is 57.3 Å². The molecule has 0 saturated carbocycles. The minimum atomic E-state index is -0.552. The Balaban J connectivity index is 1.62. The third-order valence-electron chi connectivity index (χ3n) is 4.81. The number of piperidine rings is 1. The van der Waals surface area contributed by atoms with Crippen molar-refractivity contribution in [3.8, 4) is 11.5 Å². The van der Waals surface area contributed by atoms with Crippen molar-refractivity contribution in [2.24, 2.45) is 5.92 Å². The summed E-state index contributed by atoms with van der Waals surface area (Å²) in [5.74, 6) is 0.647. The summed E-state index contributed by atoms with van der Waals surface area (Å²) in [6.45, 7) is 8.12. The van der Waals surface area contributed by atoms with Gasteiger partial charge in [-0.3, -0.25) is 9.59 Å². The normalized spacial score (nSPS) is 18.3. The van der Waals surface area contributed by atoms with Gasteiger partial charge in [-0.1, -0.05) is 0 Å². The number of hydrogen-bond donors (Lipinski definition) is 1. The topological polar surface area (TPSA) is 94.2 Å². The van der Waals surface area contributed by atoms with Crippen LogP contribution in [0.2, 0.25) is 0 Å². The number of Topliss-reactive ketones (excluding diaryl/α,β-unsaturated/α-hetero) is 1. The van der Waals surface area contributed by atoms with Gasteiger partial charge in [-0.2, -0.15) is 0 Å². The van der Waals surface area contributed by atoms with E-state index in [1.165, 1.54) is 6.92 Å². The van der Waals surface area contributed by atoms with E-state index >= 15 is 0 Å². The van der Waals surface area contributed by atoms with E-state index in [1.54, 1.807) is 17.0 Å². The van der Waals surface area contributed by atoms with Crippen LogP contribution in [0.5, 0.6) is 11.5 Å². The molecule has 8 heteroatoms. The Bertz CT molecular complexity index is 814. The van der Waals surface area contributed by atoms with Gasteiger partial charge in [-0.05, 0) is 52.5 Å². The number of nitrogens with zero attached hydrogens (tertiary/aromatic N) is 1. The van der Waals surface area contributed by atoms with Crippen molar-refractivity contribution in [2.45, 2.75) is 52.6 Å². The Morgan fingerprint density at radius 2 is 1.90 bits per heavy atom. The van der Waals surface area contributed by atoms with Gasteiger partial charge in [0.05, 0.1) is 5.69 Å². The van der Waals surface area contributed by atoms with Crippen molar-refractivity contribution in [2.75, 3.05) is 25.2 Å². The number of anilines is 1. The number of ether oxygens (including phenoxy) is 3. The molecule has 0 spiro atoms. The molecule has 1 atom stereocenters. The summed E-state index contributed by atoms with van der Waals surface area (Å²) in [5.41, 5.74) is 0.234. The van der Waals surface area contributed by atoms with E-state index in [9.17, 15) is 14.4 Å². The lowest BCUT2D eigenvalue weighted by Crippen LogP contribution is -2.43. The first-order chi connectivity index (χ1) is 13.6. The first-order valence-corrected chi connectivity index (χ1v) is 9.85. The summed E-state index contributed by atoms with van der Waals surface area (Å²) >= 11 is 0. The highest BCUT2D eigenvalue weighted by Gasteiger charge is 2.29. The van der Waals surface area contributed by atoms with Gasteiger partial charge in [-0.15, -0.1) is 0 Å². The molecule has 3 rings (SSSR count). The Labute approximate surface area is 170 Å². The van der Waals surface area contributed by atoms with Crippen molar-refractivity contribution >= 4 is 23.5 Å². The van der Waals surface area contributed by atoms with Crippen molar-refractivity contribution < 1.29 is 28.6 Å². The quantitative estimate of drug-likeness (QED) is 0.771. The third kappa shape index (κ3) is 5.40. The molecule has 29 heavy (non-hydrogen) atoms. The van der Waals surface area contributed by atoms with Crippen molar-refractivity contribution in [1.29, 1.82) is 0 Å². The Morgan fingerprint density at radius 3 is 2.55 bits per heavy atom. The fourth-order valence-electron chi connectivity index (χ4n) is 3.52. The third-order valence-corrected chi connectivity index (χ3v) is 4.81. The van der Waals surface area contributed by atoms with Crippen LogP contribution >= 0.6 is 0 Å². The van der Waals surface area contributed by atoms with Gasteiger partial charge in [-0.25, -0.2) is 4.79 Å². The SMILES string of the molecule is CC(=O)c1cc2c(cc1NC(=O)CC1CCCN(C(=O)OC(C)(C)C)C1)OCO2. The number of carbonyl (C=O) groups is 3. The van der Waals surface area contributed by atoms with Crippen LogP contribution in [-0.4, -0.2) is 48.2 Å². The second kappa shape index (κ2) is 8.31. The van der Waals surface area contributed by atoms with E-state index < -0.39 is 5.60 Å². The van der Waals surface area contributed by atoms with Crippen LogP contribution in [0, 0.1) is 5.92 Å². The molecule has 1 N–H and O–H groups in total. The second-order valence-corrected chi connectivity index (χ2v) is 8.49. The molecule has 1 saturated heterocycles. The van der Waals surface area contributed by atoms with Crippen LogP contribution in [0.4, 0.5) is 10.5 Å². The van der Waals surface area contributed by atoms with E-state index in [4.69, 9.17) is 14.2 Å². The highest BCUT2D eigenvalue weighted by Crippen LogP contribution is 2.37. The molecule has 2 aliphatic rings. The van der Waals surface area contributed by atoms with Crippen molar-refractivity contribution in [3.63, 3.8) is 0 Å². The Hall–Kier alpha value is -2.77. The van der Waals surface area contributed by atoms with Gasteiger partial charge in [0, 0.05) is 31.1 Å². The maximum Gasteiger partial charge on any atom is 0.410 e. The molecule has 1 aromatic carbocycles. The number of benzene rings is 1. The first kappa shape index (κ1) is 21.0. The van der Waals surface area contributed by atoms with E-state index in [0.29, 0.717) is 35.8 Å². The zero-order valence-electron chi connectivity index (χ0n) is 17.4. The predicted molar refractivity (Wildman–Crippen MR) is 106 cm³/mol. The molecular formula is C21H28N2O6. The van der Waals surface area contributed by atoms with Crippen molar-refractivity contribution in [1.82, 2.24) is 4.90 Å². The fourth-order valence-corrected chi connectivity index (χ4v) is 3.52. The lowest BCUT2D eigenvalue weighted by molar-refractivity contribution is -0.117. The van der Waals surface area contributed by atoms with Gasteiger partial charge in [0.2, 0.25) is 12.7 Å². The molecule has 1 fully saturated rings. The lowest BCUT2D eigenvalue weighted by Gasteiger charge is -2.34. The minimum Gasteiger partial charge on any atom is -0.454 e. The Kier molecular flexibility index (Phi) is 6.00. The van der Waals surface area contributed by atoms with Crippen LogP contribution in [0.15, 0.2) is 12.1 Å². The molecule has 2 amide bonds. The number of nitrogens with one attached hydrogen (secondary N) is 1. The summed E-state index contributed by atoms with van der Waals surface area (Å²) in [7, 11) is 0. The molecule has 0 bridgehead atoms. The van der Waals surface area contributed by atoms with Gasteiger partial charge >= 0.3 is 6.09 Å². The minimum absolute atomic E-state index is 0.0334. The second-order valence-electron chi connectivity index (χ2n) is 8.49. The molecule has 1 unspecified atom stereocenters. The zero-order valence-corrected chi connectivity index (χ0v) is 17.4. The van der Waals surface area contributed by atoms with E-state index in [2.05, 4.69) is 5.32 Å². The van der Waals surface area contributed by atoms with Crippen LogP contribution in [0.3, 0.4) is 0 Å². The monoisotopic (exact) mass is 404 g/mol. The summed E-state index contributed by atoms with van der Waals surface area (Å²) in [6, 6.07) is 3.20. The van der Waals surface area contributed by atoms with E-state index in [1.807, 2.05) is 20.8 Å².